The summed E-state index contributed by atoms with van der Waals surface area (Å²) >= 11 is 1.33. The first-order chi connectivity index (χ1) is 8.11. The Morgan fingerprint density at radius 1 is 1.65 bits per heavy atom. The minimum atomic E-state index is -0.477. The van der Waals surface area contributed by atoms with Crippen molar-refractivity contribution in [3.8, 4) is 0 Å². The Morgan fingerprint density at radius 2 is 2.41 bits per heavy atom. The molecular formula is C11H17N3O2S. The van der Waals surface area contributed by atoms with Crippen molar-refractivity contribution < 1.29 is 9.90 Å². The van der Waals surface area contributed by atoms with E-state index in [-0.39, 0.29) is 6.61 Å². The molecule has 94 valence electrons. The number of aliphatic hydroxyl groups is 1. The summed E-state index contributed by atoms with van der Waals surface area (Å²) in [7, 11) is 0. The van der Waals surface area contributed by atoms with Crippen LogP contribution in [0.15, 0.2) is 6.07 Å². The highest BCUT2D eigenvalue weighted by molar-refractivity contribution is 7.18. The van der Waals surface area contributed by atoms with Gasteiger partial charge in [-0.1, -0.05) is 0 Å². The van der Waals surface area contributed by atoms with Gasteiger partial charge in [0.15, 0.2) is 0 Å². The number of anilines is 2. The zero-order valence-electron chi connectivity index (χ0n) is 9.56. The molecule has 1 unspecified atom stereocenters. The summed E-state index contributed by atoms with van der Waals surface area (Å²) in [6.45, 7) is 1.96. The van der Waals surface area contributed by atoms with Crippen LogP contribution in [0.1, 0.15) is 22.5 Å². The summed E-state index contributed by atoms with van der Waals surface area (Å²) in [6.07, 6.45) is 2.10. The van der Waals surface area contributed by atoms with Crippen molar-refractivity contribution >= 4 is 27.9 Å². The van der Waals surface area contributed by atoms with Crippen molar-refractivity contribution in [2.75, 3.05) is 30.3 Å². The van der Waals surface area contributed by atoms with E-state index in [1.54, 1.807) is 6.07 Å². The van der Waals surface area contributed by atoms with E-state index in [9.17, 15) is 9.90 Å². The Morgan fingerprint density at radius 3 is 3.00 bits per heavy atom. The molecule has 1 atom stereocenters. The fourth-order valence-electron chi connectivity index (χ4n) is 2.15. The van der Waals surface area contributed by atoms with Crippen LogP contribution >= 0.6 is 11.3 Å². The van der Waals surface area contributed by atoms with Crippen molar-refractivity contribution in [1.29, 1.82) is 0 Å². The lowest BCUT2D eigenvalue weighted by Gasteiger charge is -2.32. The van der Waals surface area contributed by atoms with Crippen LogP contribution in [0.4, 0.5) is 10.7 Å². The molecule has 17 heavy (non-hydrogen) atoms. The fourth-order valence-corrected chi connectivity index (χ4v) is 3.12. The number of carbonyl (C=O) groups excluding carboxylic acids is 1. The van der Waals surface area contributed by atoms with Crippen LogP contribution in [0, 0.1) is 5.92 Å². The van der Waals surface area contributed by atoms with Crippen molar-refractivity contribution in [1.82, 2.24) is 0 Å². The number of nitrogens with two attached hydrogens (primary N) is 2. The van der Waals surface area contributed by atoms with Gasteiger partial charge in [0.05, 0.1) is 10.7 Å². The van der Waals surface area contributed by atoms with E-state index in [0.717, 1.165) is 30.9 Å². The average molecular weight is 255 g/mol. The van der Waals surface area contributed by atoms with E-state index in [1.807, 2.05) is 0 Å². The Balaban J connectivity index is 2.16. The Labute approximate surface area is 104 Å². The molecule has 1 aliphatic rings. The standard InChI is InChI=1S/C11H17N3O2S/c12-8-4-9(17-10(8)11(13)16)14-3-1-2-7(5-14)6-15/h4,7,15H,1-3,5-6,12H2,(H2,13,16). The van der Waals surface area contributed by atoms with Crippen LogP contribution < -0.4 is 16.4 Å². The molecule has 1 aromatic rings. The second-order valence-corrected chi connectivity index (χ2v) is 5.40. The van der Waals surface area contributed by atoms with E-state index in [1.165, 1.54) is 11.3 Å². The predicted molar refractivity (Wildman–Crippen MR) is 69.3 cm³/mol. The summed E-state index contributed by atoms with van der Waals surface area (Å²) < 4.78 is 0. The SMILES string of the molecule is NC(=O)c1sc(N2CCCC(CO)C2)cc1N. The van der Waals surface area contributed by atoms with E-state index < -0.39 is 5.91 Å². The van der Waals surface area contributed by atoms with Crippen LogP contribution in [-0.4, -0.2) is 30.7 Å². The smallest absolute Gasteiger partial charge is 0.260 e. The summed E-state index contributed by atoms with van der Waals surface area (Å²) in [5, 5.41) is 10.1. The minimum absolute atomic E-state index is 0.208. The van der Waals surface area contributed by atoms with Gasteiger partial charge in [-0.3, -0.25) is 4.79 Å². The van der Waals surface area contributed by atoms with Gasteiger partial charge in [-0.2, -0.15) is 0 Å². The number of primary amides is 1. The number of rotatable bonds is 3. The molecule has 0 radical (unpaired) electrons. The highest BCUT2D eigenvalue weighted by Gasteiger charge is 2.22. The third-order valence-electron chi connectivity index (χ3n) is 3.06. The predicted octanol–water partition coefficient (Wildman–Crippen LogP) is 0.638. The summed E-state index contributed by atoms with van der Waals surface area (Å²) in [4.78, 5) is 13.7. The summed E-state index contributed by atoms with van der Waals surface area (Å²) in [5.74, 6) is -0.168. The average Bonchev–Trinajstić information content (AvgIpc) is 2.71. The quantitative estimate of drug-likeness (QED) is 0.739. The molecule has 2 heterocycles. The molecular weight excluding hydrogens is 238 g/mol. The third kappa shape index (κ3) is 2.53. The first-order valence-corrected chi connectivity index (χ1v) is 6.48. The molecule has 0 saturated carbocycles. The second-order valence-electron chi connectivity index (χ2n) is 4.37. The first kappa shape index (κ1) is 12.2. The highest BCUT2D eigenvalue weighted by atomic mass is 32.1. The molecule has 1 aromatic heterocycles. The maximum absolute atomic E-state index is 11.1. The van der Waals surface area contributed by atoms with Crippen LogP contribution in [0.25, 0.3) is 0 Å². The Kier molecular flexibility index (Phi) is 3.54. The summed E-state index contributed by atoms with van der Waals surface area (Å²) in [6, 6.07) is 1.80. The number of thiophene rings is 1. The number of amides is 1. The number of aliphatic hydroxyl groups excluding tert-OH is 1. The lowest BCUT2D eigenvalue weighted by Crippen LogP contribution is -2.36. The normalized spacial score (nSPS) is 20.5. The van der Waals surface area contributed by atoms with Gasteiger partial charge in [0.25, 0.3) is 5.91 Å². The minimum Gasteiger partial charge on any atom is -0.397 e. The van der Waals surface area contributed by atoms with E-state index in [2.05, 4.69) is 4.90 Å². The first-order valence-electron chi connectivity index (χ1n) is 5.66. The summed E-state index contributed by atoms with van der Waals surface area (Å²) in [5.41, 5.74) is 11.4. The maximum atomic E-state index is 11.1. The van der Waals surface area contributed by atoms with Gasteiger partial charge in [-0.15, -0.1) is 11.3 Å². The molecule has 2 rings (SSSR count). The molecule has 5 N–H and O–H groups in total. The molecule has 1 fully saturated rings. The number of hydrogen-bond acceptors (Lipinski definition) is 5. The lowest BCUT2D eigenvalue weighted by molar-refractivity contribution is 0.100. The van der Waals surface area contributed by atoms with Crippen LogP contribution in [-0.2, 0) is 0 Å². The molecule has 0 spiro atoms. The molecule has 0 bridgehead atoms. The number of nitrogen functional groups attached to an aromatic ring is 1. The number of hydrogen-bond donors (Lipinski definition) is 3. The molecule has 0 aliphatic carbocycles. The van der Waals surface area contributed by atoms with Crippen molar-refractivity contribution in [3.05, 3.63) is 10.9 Å². The van der Waals surface area contributed by atoms with Gasteiger partial charge in [0, 0.05) is 19.7 Å². The maximum Gasteiger partial charge on any atom is 0.260 e. The molecule has 0 aromatic carbocycles. The van der Waals surface area contributed by atoms with Gasteiger partial charge < -0.3 is 21.5 Å². The number of carbonyl (C=O) groups is 1. The molecule has 1 amide bonds. The zero-order chi connectivity index (χ0) is 12.4. The molecule has 1 saturated heterocycles. The van der Waals surface area contributed by atoms with Crippen LogP contribution in [0.5, 0.6) is 0 Å². The Hall–Kier alpha value is -1.27. The topological polar surface area (TPSA) is 92.6 Å². The van der Waals surface area contributed by atoms with Crippen molar-refractivity contribution in [3.63, 3.8) is 0 Å². The third-order valence-corrected chi connectivity index (χ3v) is 4.29. The van der Waals surface area contributed by atoms with E-state index in [0.29, 0.717) is 16.5 Å². The molecule has 5 nitrogen and oxygen atoms in total. The second kappa shape index (κ2) is 4.93. The highest BCUT2D eigenvalue weighted by Crippen LogP contribution is 2.34. The Bertz CT molecular complexity index is 419. The lowest BCUT2D eigenvalue weighted by atomic mass is 9.99. The van der Waals surface area contributed by atoms with E-state index in [4.69, 9.17) is 11.5 Å². The zero-order valence-corrected chi connectivity index (χ0v) is 10.4. The van der Waals surface area contributed by atoms with Crippen LogP contribution in [0.3, 0.4) is 0 Å². The van der Waals surface area contributed by atoms with Crippen molar-refractivity contribution in [2.24, 2.45) is 11.7 Å². The molecule has 1 aliphatic heterocycles. The van der Waals surface area contributed by atoms with Crippen LogP contribution in [0.2, 0.25) is 0 Å². The monoisotopic (exact) mass is 255 g/mol. The number of nitrogens with zero attached hydrogens (tertiary/aromatic N) is 1. The molecule has 6 heteroatoms. The largest absolute Gasteiger partial charge is 0.397 e. The fraction of sp³-hybridized carbons (Fsp3) is 0.545. The van der Waals surface area contributed by atoms with Gasteiger partial charge in [0.1, 0.15) is 4.88 Å². The van der Waals surface area contributed by atoms with Crippen molar-refractivity contribution in [2.45, 2.75) is 12.8 Å². The van der Waals surface area contributed by atoms with Gasteiger partial charge in [-0.05, 0) is 24.8 Å². The van der Waals surface area contributed by atoms with Gasteiger partial charge in [-0.25, -0.2) is 0 Å². The van der Waals surface area contributed by atoms with Gasteiger partial charge in [0.2, 0.25) is 0 Å². The number of piperidine rings is 1. The van der Waals surface area contributed by atoms with Gasteiger partial charge >= 0.3 is 0 Å². The van der Waals surface area contributed by atoms with E-state index >= 15 is 0 Å².